The van der Waals surface area contributed by atoms with E-state index in [0.717, 1.165) is 4.57 Å². The Morgan fingerprint density at radius 1 is 1.14 bits per heavy atom. The lowest BCUT2D eigenvalue weighted by molar-refractivity contribution is -0.128. The number of anilines is 1. The molecule has 0 saturated heterocycles. The number of halogens is 3. The van der Waals surface area contributed by atoms with Crippen LogP contribution in [0.2, 0.25) is 5.02 Å². The van der Waals surface area contributed by atoms with Crippen LogP contribution in [-0.4, -0.2) is 35.1 Å². The smallest absolute Gasteiger partial charge is 0.338 e. The number of ether oxygens (including phenoxy) is 2. The number of rotatable bonds is 8. The summed E-state index contributed by atoms with van der Waals surface area (Å²) in [6.45, 7) is 5.25. The molecule has 1 fully saturated rings. The largest absolute Gasteiger partial charge is 0.495 e. The van der Waals surface area contributed by atoms with Gasteiger partial charge in [0.15, 0.2) is 0 Å². The van der Waals surface area contributed by atoms with Crippen LogP contribution < -0.4 is 15.6 Å². The molecule has 1 unspecified atom stereocenters. The van der Waals surface area contributed by atoms with E-state index in [0.29, 0.717) is 21.8 Å². The number of aromatic nitrogens is 1. The first-order chi connectivity index (χ1) is 19.7. The van der Waals surface area contributed by atoms with E-state index in [1.807, 2.05) is 0 Å². The van der Waals surface area contributed by atoms with Crippen molar-refractivity contribution in [2.24, 2.45) is 5.92 Å². The van der Waals surface area contributed by atoms with Gasteiger partial charge in [-0.15, -0.1) is 0 Å². The van der Waals surface area contributed by atoms with Crippen LogP contribution in [0.1, 0.15) is 62.0 Å². The number of alkyl halides is 2. The molecule has 2 aromatic carbocycles. The lowest BCUT2D eigenvalue weighted by Crippen LogP contribution is -2.40. The number of amides is 1. The number of nitrogens with zero attached hydrogens (tertiary/aromatic N) is 2. The van der Waals surface area contributed by atoms with Gasteiger partial charge in [0.25, 0.3) is 5.56 Å². The lowest BCUT2D eigenvalue weighted by atomic mass is 9.77. The highest BCUT2D eigenvalue weighted by atomic mass is 35.5. The first-order valence-electron chi connectivity index (χ1n) is 13.2. The Hall–Kier alpha value is -4.23. The van der Waals surface area contributed by atoms with Crippen molar-refractivity contribution >= 4 is 29.2 Å². The average molecular weight is 598 g/mol. The number of carbonyl (C=O) groups excluding carboxylic acids is 2. The van der Waals surface area contributed by atoms with Gasteiger partial charge in [0.1, 0.15) is 17.4 Å². The molecule has 1 aliphatic rings. The zero-order valence-corrected chi connectivity index (χ0v) is 24.3. The molecular weight excluding hydrogens is 568 g/mol. The average Bonchev–Trinajstić information content (AvgIpc) is 2.90. The number of methoxy groups -OCH3 is 1. The Morgan fingerprint density at radius 2 is 1.81 bits per heavy atom. The van der Waals surface area contributed by atoms with E-state index >= 15 is 0 Å². The molecule has 0 aliphatic heterocycles. The standard InChI is InChI=1S/C31H30ClF2N3O5/c1-30(2,3)42-29(40)19-6-9-22(10-7-19)36-28(39)25(11-18-14-31(33,34)15-18)37-17-26(41-4)24(13-27(37)38)23-12-21(32)8-5-20(23)16-35/h5-10,12-13,17-18,25H,11,14-15H2,1-4H3,(H,36,39). The number of benzene rings is 2. The van der Waals surface area contributed by atoms with E-state index in [1.54, 1.807) is 26.8 Å². The molecule has 1 amide bonds. The van der Waals surface area contributed by atoms with E-state index < -0.39 is 40.9 Å². The maximum atomic E-state index is 13.7. The summed E-state index contributed by atoms with van der Waals surface area (Å²) in [6.07, 6.45) is 0.547. The van der Waals surface area contributed by atoms with Gasteiger partial charge in [0.05, 0.1) is 30.5 Å². The summed E-state index contributed by atoms with van der Waals surface area (Å²) in [5.41, 5.74) is 0.274. The summed E-state index contributed by atoms with van der Waals surface area (Å²) in [4.78, 5) is 39.3. The van der Waals surface area contributed by atoms with Crippen LogP contribution in [-0.2, 0) is 9.53 Å². The minimum atomic E-state index is -2.81. The molecule has 11 heteroatoms. The fourth-order valence-corrected chi connectivity index (χ4v) is 5.02. The van der Waals surface area contributed by atoms with Gasteiger partial charge in [-0.2, -0.15) is 5.26 Å². The zero-order chi connectivity index (χ0) is 30.8. The maximum absolute atomic E-state index is 13.7. The van der Waals surface area contributed by atoms with Crippen molar-refractivity contribution in [3.8, 4) is 22.9 Å². The molecular formula is C31H30ClF2N3O5. The third-order valence-corrected chi connectivity index (χ3v) is 7.05. The van der Waals surface area contributed by atoms with Crippen molar-refractivity contribution in [1.29, 1.82) is 5.26 Å². The second-order valence-electron chi connectivity index (χ2n) is 11.3. The van der Waals surface area contributed by atoms with Gasteiger partial charge in [0.2, 0.25) is 11.8 Å². The molecule has 1 aromatic heterocycles. The molecule has 8 nitrogen and oxygen atoms in total. The van der Waals surface area contributed by atoms with Gasteiger partial charge in [-0.25, -0.2) is 13.6 Å². The summed E-state index contributed by atoms with van der Waals surface area (Å²) in [5, 5.41) is 12.6. The quantitative estimate of drug-likeness (QED) is 0.292. The van der Waals surface area contributed by atoms with Crippen LogP contribution in [0.3, 0.4) is 0 Å². The maximum Gasteiger partial charge on any atom is 0.338 e. The summed E-state index contributed by atoms with van der Waals surface area (Å²) >= 11 is 6.14. The normalized spacial score (nSPS) is 15.2. The highest BCUT2D eigenvalue weighted by molar-refractivity contribution is 6.31. The van der Waals surface area contributed by atoms with Crippen molar-refractivity contribution in [1.82, 2.24) is 4.57 Å². The molecule has 1 saturated carbocycles. The van der Waals surface area contributed by atoms with Crippen molar-refractivity contribution in [3.05, 3.63) is 81.2 Å². The summed E-state index contributed by atoms with van der Waals surface area (Å²) < 4.78 is 39.4. The van der Waals surface area contributed by atoms with Gasteiger partial charge >= 0.3 is 5.97 Å². The fourth-order valence-electron chi connectivity index (χ4n) is 4.85. The van der Waals surface area contributed by atoms with Crippen LogP contribution >= 0.6 is 11.6 Å². The SMILES string of the molecule is COc1cn(C(CC2CC(F)(F)C2)C(=O)Nc2ccc(C(=O)OC(C)(C)C)cc2)c(=O)cc1-c1cc(Cl)ccc1C#N. The van der Waals surface area contributed by atoms with Crippen LogP contribution in [0, 0.1) is 17.2 Å². The van der Waals surface area contributed by atoms with Crippen LogP contribution in [0.25, 0.3) is 11.1 Å². The molecule has 1 heterocycles. The minimum Gasteiger partial charge on any atom is -0.495 e. The molecule has 1 N–H and O–H groups in total. The highest BCUT2D eigenvalue weighted by Crippen LogP contribution is 2.46. The second kappa shape index (κ2) is 11.9. The van der Waals surface area contributed by atoms with Crippen LogP contribution in [0.5, 0.6) is 5.75 Å². The number of carbonyl (C=O) groups is 2. The molecule has 0 spiro atoms. The first-order valence-corrected chi connectivity index (χ1v) is 13.6. The van der Waals surface area contributed by atoms with E-state index in [9.17, 15) is 28.4 Å². The zero-order valence-electron chi connectivity index (χ0n) is 23.5. The van der Waals surface area contributed by atoms with Crippen molar-refractivity contribution in [3.63, 3.8) is 0 Å². The molecule has 3 aromatic rings. The monoisotopic (exact) mass is 597 g/mol. The van der Waals surface area contributed by atoms with Crippen LogP contribution in [0.15, 0.2) is 59.5 Å². The first kappa shape index (κ1) is 30.7. The third kappa shape index (κ3) is 7.15. The Morgan fingerprint density at radius 3 is 2.38 bits per heavy atom. The van der Waals surface area contributed by atoms with E-state index in [-0.39, 0.29) is 36.1 Å². The number of pyridine rings is 1. The van der Waals surface area contributed by atoms with Crippen molar-refractivity contribution < 1.29 is 27.8 Å². The van der Waals surface area contributed by atoms with Gasteiger partial charge < -0.3 is 14.8 Å². The third-order valence-electron chi connectivity index (χ3n) is 6.81. The Balaban J connectivity index is 1.67. The second-order valence-corrected chi connectivity index (χ2v) is 11.7. The molecule has 1 atom stereocenters. The van der Waals surface area contributed by atoms with E-state index in [2.05, 4.69) is 11.4 Å². The molecule has 0 radical (unpaired) electrons. The fraction of sp³-hybridized carbons (Fsp3) is 0.355. The summed E-state index contributed by atoms with van der Waals surface area (Å²) in [5.74, 6) is -4.24. The highest BCUT2D eigenvalue weighted by Gasteiger charge is 2.46. The lowest BCUT2D eigenvalue weighted by Gasteiger charge is -2.37. The van der Waals surface area contributed by atoms with Gasteiger partial charge in [0, 0.05) is 40.7 Å². The Bertz CT molecular complexity index is 1600. The number of hydrogen-bond acceptors (Lipinski definition) is 6. The molecule has 220 valence electrons. The molecule has 4 rings (SSSR count). The van der Waals surface area contributed by atoms with Crippen molar-refractivity contribution in [2.75, 3.05) is 12.4 Å². The van der Waals surface area contributed by atoms with E-state index in [1.165, 1.54) is 55.8 Å². The summed E-state index contributed by atoms with van der Waals surface area (Å²) in [7, 11) is 1.37. The topological polar surface area (TPSA) is 110 Å². The summed E-state index contributed by atoms with van der Waals surface area (Å²) in [6, 6.07) is 12.8. The van der Waals surface area contributed by atoms with Gasteiger partial charge in [-0.1, -0.05) is 11.6 Å². The molecule has 42 heavy (non-hydrogen) atoms. The molecule has 1 aliphatic carbocycles. The van der Waals surface area contributed by atoms with Gasteiger partial charge in [-0.05, 0) is 75.6 Å². The predicted octanol–water partition coefficient (Wildman–Crippen LogP) is 6.62. The number of nitrogens with one attached hydrogen (secondary N) is 1. The number of hydrogen-bond donors (Lipinski definition) is 1. The Kier molecular flexibility index (Phi) is 8.73. The van der Waals surface area contributed by atoms with Gasteiger partial charge in [-0.3, -0.25) is 14.2 Å². The van der Waals surface area contributed by atoms with Crippen LogP contribution in [0.4, 0.5) is 14.5 Å². The minimum absolute atomic E-state index is 0.0135. The molecule has 0 bridgehead atoms. The Labute approximate surface area is 246 Å². The number of esters is 1. The van der Waals surface area contributed by atoms with Crippen molar-refractivity contribution in [2.45, 2.75) is 57.6 Å². The predicted molar refractivity (Wildman–Crippen MR) is 154 cm³/mol. The van der Waals surface area contributed by atoms with E-state index in [4.69, 9.17) is 21.1 Å². The number of nitriles is 1.